The fourth-order valence-corrected chi connectivity index (χ4v) is 4.59. The quantitative estimate of drug-likeness (QED) is 0.327. The van der Waals surface area contributed by atoms with Crippen molar-refractivity contribution in [1.29, 1.82) is 0 Å². The number of halogens is 1. The van der Waals surface area contributed by atoms with Crippen molar-refractivity contribution in [2.45, 2.75) is 13.8 Å². The van der Waals surface area contributed by atoms with Gasteiger partial charge in [0.2, 0.25) is 0 Å². The molecule has 0 spiro atoms. The number of aromatic nitrogens is 3. The van der Waals surface area contributed by atoms with E-state index in [0.717, 1.165) is 16.0 Å². The Kier molecular flexibility index (Phi) is 5.49. The third kappa shape index (κ3) is 3.80. The standard InChI is InChI=1S/C27H21ClN4O3/c1-16-12-17(2)15-31(14-16)24-22(26(34)32(27(24)35)20-11-7-10-19(28)13-20)21-23(29-30(3)25(21)33)18-8-5-4-6-9-18/h4-15H,1-3H3. The fourth-order valence-electron chi connectivity index (χ4n) is 4.40. The normalized spacial score (nSPS) is 13.8. The van der Waals surface area contributed by atoms with Gasteiger partial charge in [-0.3, -0.25) is 14.3 Å². The molecular weight excluding hydrogens is 464 g/mol. The molecule has 0 saturated carbocycles. The van der Waals surface area contributed by atoms with Crippen LogP contribution >= 0.6 is 11.6 Å². The number of rotatable bonds is 4. The zero-order chi connectivity index (χ0) is 24.9. The number of nitrogens with zero attached hydrogens (tertiary/aromatic N) is 4. The van der Waals surface area contributed by atoms with Gasteiger partial charge in [0.1, 0.15) is 5.57 Å². The van der Waals surface area contributed by atoms with Gasteiger partial charge in [0, 0.05) is 34.3 Å². The Bertz CT molecular complexity index is 1520. The van der Waals surface area contributed by atoms with Crippen LogP contribution in [0, 0.1) is 13.8 Å². The summed E-state index contributed by atoms with van der Waals surface area (Å²) in [4.78, 5) is 28.9. The number of pyridine rings is 1. The van der Waals surface area contributed by atoms with Gasteiger partial charge in [-0.05, 0) is 44.0 Å². The molecule has 3 heterocycles. The second-order valence-corrected chi connectivity index (χ2v) is 8.90. The van der Waals surface area contributed by atoms with Crippen molar-refractivity contribution in [1.82, 2.24) is 9.78 Å². The Balaban J connectivity index is 1.83. The van der Waals surface area contributed by atoms with Crippen LogP contribution in [0.2, 0.25) is 5.02 Å². The fraction of sp³-hybridized carbons (Fsp3) is 0.111. The van der Waals surface area contributed by atoms with Gasteiger partial charge in [0.25, 0.3) is 11.6 Å². The van der Waals surface area contributed by atoms with Gasteiger partial charge in [-0.15, -0.1) is 0 Å². The molecule has 0 N–H and O–H groups in total. The third-order valence-electron chi connectivity index (χ3n) is 5.82. The minimum atomic E-state index is -0.610. The molecule has 0 atom stereocenters. The molecule has 35 heavy (non-hydrogen) atoms. The summed E-state index contributed by atoms with van der Waals surface area (Å²) in [6, 6.07) is 17.6. The van der Waals surface area contributed by atoms with Crippen molar-refractivity contribution >= 4 is 40.4 Å². The van der Waals surface area contributed by atoms with Crippen LogP contribution < -0.4 is 14.6 Å². The molecule has 1 aliphatic heterocycles. The Morgan fingerprint density at radius 3 is 2.26 bits per heavy atom. The van der Waals surface area contributed by atoms with Gasteiger partial charge >= 0.3 is 5.91 Å². The lowest BCUT2D eigenvalue weighted by Gasteiger charge is -2.15. The van der Waals surface area contributed by atoms with Crippen molar-refractivity contribution in [3.8, 4) is 17.1 Å². The van der Waals surface area contributed by atoms with Crippen LogP contribution in [0.3, 0.4) is 0 Å². The van der Waals surface area contributed by atoms with E-state index in [-0.39, 0.29) is 16.8 Å². The summed E-state index contributed by atoms with van der Waals surface area (Å²) in [6.07, 6.45) is 3.52. The zero-order valence-corrected chi connectivity index (χ0v) is 20.1. The first-order valence-electron chi connectivity index (χ1n) is 10.9. The highest BCUT2D eigenvalue weighted by molar-refractivity contribution is 6.54. The van der Waals surface area contributed by atoms with E-state index in [4.69, 9.17) is 11.6 Å². The van der Waals surface area contributed by atoms with E-state index in [1.807, 2.05) is 50.2 Å². The van der Waals surface area contributed by atoms with Gasteiger partial charge in [0.15, 0.2) is 12.4 Å². The molecule has 0 saturated heterocycles. The number of anilines is 1. The maximum atomic E-state index is 13.9. The lowest BCUT2D eigenvalue weighted by Crippen LogP contribution is -2.40. The van der Waals surface area contributed by atoms with Crippen LogP contribution in [0.25, 0.3) is 22.5 Å². The molecule has 0 bridgehead atoms. The Hall–Kier alpha value is -4.23. The molecule has 0 unspecified atom stereocenters. The minimum absolute atomic E-state index is 0.00179. The predicted octanol–water partition coefficient (Wildman–Crippen LogP) is 3.66. The molecule has 2 amide bonds. The molecule has 0 radical (unpaired) electrons. The lowest BCUT2D eigenvalue weighted by molar-refractivity contribution is -0.577. The third-order valence-corrected chi connectivity index (χ3v) is 6.05. The predicted molar refractivity (Wildman–Crippen MR) is 131 cm³/mol. The Labute approximate surface area is 207 Å². The summed E-state index contributed by atoms with van der Waals surface area (Å²) in [6.45, 7) is 3.80. The van der Waals surface area contributed by atoms with Crippen LogP contribution in [0.15, 0.2) is 73.1 Å². The number of aryl methyl sites for hydroxylation is 3. The maximum absolute atomic E-state index is 13.9. The summed E-state index contributed by atoms with van der Waals surface area (Å²) < 4.78 is 2.81. The smallest absolute Gasteiger partial charge is 0.331 e. The zero-order valence-electron chi connectivity index (χ0n) is 19.3. The molecule has 2 aromatic heterocycles. The SMILES string of the molecule is Cc1cc(C)c[n+](C2=C(c3c(-c4ccccc4)nn(C)c3[O-])C(=O)N(c3cccc(Cl)c3)C2=O)c1. The van der Waals surface area contributed by atoms with E-state index >= 15 is 0 Å². The Morgan fingerprint density at radius 1 is 0.914 bits per heavy atom. The van der Waals surface area contributed by atoms with Crippen molar-refractivity contribution < 1.29 is 19.3 Å². The van der Waals surface area contributed by atoms with E-state index in [1.54, 1.807) is 41.2 Å². The molecule has 2 aromatic carbocycles. The lowest BCUT2D eigenvalue weighted by atomic mass is 10.00. The number of imide groups is 1. The van der Waals surface area contributed by atoms with E-state index in [0.29, 0.717) is 22.0 Å². The topological polar surface area (TPSA) is 82.1 Å². The number of hydrogen-bond donors (Lipinski definition) is 0. The number of hydrogen-bond acceptors (Lipinski definition) is 4. The summed E-state index contributed by atoms with van der Waals surface area (Å²) in [7, 11) is 1.53. The largest absolute Gasteiger partial charge is 0.858 e. The van der Waals surface area contributed by atoms with Crippen molar-refractivity contribution in [2.75, 3.05) is 4.90 Å². The number of amides is 2. The maximum Gasteiger partial charge on any atom is 0.331 e. The first kappa shape index (κ1) is 22.6. The molecule has 0 aliphatic carbocycles. The number of benzene rings is 2. The van der Waals surface area contributed by atoms with Crippen LogP contribution in [-0.4, -0.2) is 21.6 Å². The molecule has 174 valence electrons. The van der Waals surface area contributed by atoms with E-state index in [1.165, 1.54) is 11.7 Å². The first-order valence-corrected chi connectivity index (χ1v) is 11.3. The molecule has 4 aromatic rings. The summed E-state index contributed by atoms with van der Waals surface area (Å²) >= 11 is 6.17. The highest BCUT2D eigenvalue weighted by Crippen LogP contribution is 2.41. The first-order chi connectivity index (χ1) is 16.8. The monoisotopic (exact) mass is 484 g/mol. The molecule has 1 aliphatic rings. The summed E-state index contributed by atoms with van der Waals surface area (Å²) in [5, 5.41) is 18.2. The van der Waals surface area contributed by atoms with Crippen LogP contribution in [0.5, 0.6) is 5.88 Å². The second kappa shape index (κ2) is 8.52. The van der Waals surface area contributed by atoms with Crippen LogP contribution in [0.1, 0.15) is 16.7 Å². The highest BCUT2D eigenvalue weighted by atomic mass is 35.5. The summed E-state index contributed by atoms with van der Waals surface area (Å²) in [5.41, 5.74) is 3.30. The van der Waals surface area contributed by atoms with Gasteiger partial charge in [0.05, 0.1) is 11.4 Å². The number of carbonyl (C=O) groups is 2. The van der Waals surface area contributed by atoms with Gasteiger partial charge in [-0.25, -0.2) is 4.90 Å². The van der Waals surface area contributed by atoms with E-state index in [2.05, 4.69) is 5.10 Å². The van der Waals surface area contributed by atoms with Crippen molar-refractivity contribution in [3.05, 3.63) is 94.8 Å². The minimum Gasteiger partial charge on any atom is -0.858 e. The van der Waals surface area contributed by atoms with E-state index in [9.17, 15) is 14.7 Å². The summed E-state index contributed by atoms with van der Waals surface area (Å²) in [5.74, 6) is -1.62. The van der Waals surface area contributed by atoms with Gasteiger partial charge < -0.3 is 5.11 Å². The van der Waals surface area contributed by atoms with Crippen molar-refractivity contribution in [3.63, 3.8) is 0 Å². The van der Waals surface area contributed by atoms with Crippen LogP contribution in [0.4, 0.5) is 5.69 Å². The van der Waals surface area contributed by atoms with Crippen molar-refractivity contribution in [2.24, 2.45) is 7.05 Å². The number of carbonyl (C=O) groups excluding carboxylic acids is 2. The second-order valence-electron chi connectivity index (χ2n) is 8.47. The average Bonchev–Trinajstić information content (AvgIpc) is 3.25. The van der Waals surface area contributed by atoms with Crippen LogP contribution in [-0.2, 0) is 16.6 Å². The van der Waals surface area contributed by atoms with Gasteiger partial charge in [-0.1, -0.05) is 48.0 Å². The van der Waals surface area contributed by atoms with Gasteiger partial charge in [-0.2, -0.15) is 9.67 Å². The molecular formula is C27H21ClN4O3. The molecule has 5 rings (SSSR count). The molecule has 8 heteroatoms. The molecule has 7 nitrogen and oxygen atoms in total. The molecule has 0 fully saturated rings. The van der Waals surface area contributed by atoms with E-state index < -0.39 is 17.7 Å². The highest BCUT2D eigenvalue weighted by Gasteiger charge is 2.47. The average molecular weight is 485 g/mol. The Morgan fingerprint density at radius 2 is 1.60 bits per heavy atom.